The first-order valence-corrected chi connectivity index (χ1v) is 13.8. The summed E-state index contributed by atoms with van der Waals surface area (Å²) < 4.78 is 72.6. The van der Waals surface area contributed by atoms with Gasteiger partial charge >= 0.3 is 6.18 Å². The van der Waals surface area contributed by atoms with E-state index in [9.17, 15) is 27.1 Å². The first-order chi connectivity index (χ1) is 18.1. The molecule has 2 aliphatic rings. The Labute approximate surface area is 221 Å². The summed E-state index contributed by atoms with van der Waals surface area (Å²) in [7, 11) is 1.54. The maximum Gasteiger partial charge on any atom is 0.419 e. The van der Waals surface area contributed by atoms with Crippen molar-refractivity contribution in [1.82, 2.24) is 24.1 Å². The van der Waals surface area contributed by atoms with E-state index in [4.69, 9.17) is 0 Å². The van der Waals surface area contributed by atoms with Crippen LogP contribution in [-0.4, -0.2) is 61.1 Å². The van der Waals surface area contributed by atoms with Gasteiger partial charge in [0.15, 0.2) is 23.0 Å². The van der Waals surface area contributed by atoms with Crippen LogP contribution in [0.2, 0.25) is 0 Å². The van der Waals surface area contributed by atoms with Crippen molar-refractivity contribution in [2.24, 2.45) is 13.0 Å². The number of hydrogen-bond acceptors (Lipinski definition) is 7. The van der Waals surface area contributed by atoms with E-state index in [-0.39, 0.29) is 17.1 Å². The van der Waals surface area contributed by atoms with Crippen LogP contribution < -0.4 is 4.90 Å². The van der Waals surface area contributed by atoms with Gasteiger partial charge in [0.1, 0.15) is 5.69 Å². The van der Waals surface area contributed by atoms with Gasteiger partial charge < -0.3 is 10.0 Å². The summed E-state index contributed by atoms with van der Waals surface area (Å²) in [6.07, 6.45) is 5.55. The SMILES string of the molecule is CSN1CCN(c2ncc3c(-c4cc(C(F)(F)F)c(F)c(O)c4F)nn(C)c3n2)C(CC2CCCCC2)C1. The molecule has 1 aliphatic carbocycles. The number of phenols is 1. The third-order valence-corrected chi connectivity index (χ3v) is 8.44. The van der Waals surface area contributed by atoms with E-state index in [0.717, 1.165) is 19.5 Å². The van der Waals surface area contributed by atoms with Crippen molar-refractivity contribution in [3.05, 3.63) is 29.5 Å². The largest absolute Gasteiger partial charge is 0.503 e. The summed E-state index contributed by atoms with van der Waals surface area (Å²) in [4.78, 5) is 11.4. The highest BCUT2D eigenvalue weighted by molar-refractivity contribution is 7.96. The predicted octanol–water partition coefficient (Wildman–Crippen LogP) is 5.77. The lowest BCUT2D eigenvalue weighted by Gasteiger charge is -2.42. The number of nitrogens with zero attached hydrogens (tertiary/aromatic N) is 6. The fourth-order valence-corrected chi connectivity index (χ4v) is 6.22. The van der Waals surface area contributed by atoms with Gasteiger partial charge in [-0.3, -0.25) is 0 Å². The predicted molar refractivity (Wildman–Crippen MR) is 136 cm³/mol. The van der Waals surface area contributed by atoms with Crippen LogP contribution in [0.3, 0.4) is 0 Å². The number of benzene rings is 1. The first kappa shape index (κ1) is 26.9. The zero-order valence-electron chi connectivity index (χ0n) is 21.1. The maximum atomic E-state index is 14.8. The van der Waals surface area contributed by atoms with Crippen molar-refractivity contribution in [3.8, 4) is 17.0 Å². The van der Waals surface area contributed by atoms with E-state index in [2.05, 4.69) is 30.5 Å². The maximum absolute atomic E-state index is 14.8. The first-order valence-electron chi connectivity index (χ1n) is 12.6. The zero-order valence-corrected chi connectivity index (χ0v) is 21.9. The number of rotatable bonds is 5. The molecule has 1 N–H and O–H groups in total. The lowest BCUT2D eigenvalue weighted by atomic mass is 9.84. The minimum Gasteiger partial charge on any atom is -0.503 e. The summed E-state index contributed by atoms with van der Waals surface area (Å²) >= 11 is 1.71. The Balaban J connectivity index is 1.53. The number of aromatic hydroxyl groups is 1. The summed E-state index contributed by atoms with van der Waals surface area (Å²) in [6.45, 7) is 2.39. The van der Waals surface area contributed by atoms with Crippen molar-refractivity contribution in [2.75, 3.05) is 30.8 Å². The van der Waals surface area contributed by atoms with Gasteiger partial charge in [0.2, 0.25) is 5.95 Å². The molecule has 1 aromatic carbocycles. The van der Waals surface area contributed by atoms with Gasteiger partial charge in [-0.1, -0.05) is 44.1 Å². The minimum atomic E-state index is -5.13. The molecule has 1 aliphatic heterocycles. The molecule has 0 spiro atoms. The Bertz CT molecular complexity index is 1330. The lowest BCUT2D eigenvalue weighted by molar-refractivity contribution is -0.140. The number of halogens is 5. The Morgan fingerprint density at radius 1 is 1.11 bits per heavy atom. The van der Waals surface area contributed by atoms with E-state index in [1.807, 2.05) is 0 Å². The van der Waals surface area contributed by atoms with Gasteiger partial charge in [-0.25, -0.2) is 22.8 Å². The van der Waals surface area contributed by atoms with Gasteiger partial charge in [-0.2, -0.15) is 23.3 Å². The molecule has 206 valence electrons. The highest BCUT2D eigenvalue weighted by Crippen LogP contribution is 2.41. The molecule has 1 saturated carbocycles. The standard InChI is InChI=1S/C25H29F5N6OS/c1-34-23-17(21(33-34)16-11-18(25(28,29)30)20(27)22(37)19(16)26)12-31-24(32-23)36-9-8-35(38-2)13-15(36)10-14-6-4-3-5-7-14/h11-12,14-15,37H,3-10,13H2,1-2H3. The Morgan fingerprint density at radius 3 is 2.53 bits per heavy atom. The van der Waals surface area contributed by atoms with Gasteiger partial charge in [-0.15, -0.1) is 0 Å². The van der Waals surface area contributed by atoms with E-state index in [1.54, 1.807) is 19.0 Å². The van der Waals surface area contributed by atoms with Gasteiger partial charge in [0.05, 0.1) is 10.9 Å². The molecule has 0 radical (unpaired) electrons. The molecule has 7 nitrogen and oxygen atoms in total. The zero-order chi connectivity index (χ0) is 27.2. The number of aromatic nitrogens is 4. The number of hydrogen-bond donors (Lipinski definition) is 1. The van der Waals surface area contributed by atoms with E-state index >= 15 is 0 Å². The minimum absolute atomic E-state index is 0.195. The van der Waals surface area contributed by atoms with Gasteiger partial charge in [0.25, 0.3) is 0 Å². The second kappa shape index (κ2) is 10.5. The molecule has 13 heteroatoms. The van der Waals surface area contributed by atoms with Crippen LogP contribution in [0.15, 0.2) is 12.3 Å². The summed E-state index contributed by atoms with van der Waals surface area (Å²) in [6, 6.07) is 0.521. The number of piperazine rings is 1. The molecule has 1 saturated heterocycles. The van der Waals surface area contributed by atoms with Gasteiger partial charge in [0, 0.05) is 44.5 Å². The lowest BCUT2D eigenvalue weighted by Crippen LogP contribution is -2.52. The fraction of sp³-hybridized carbons (Fsp3) is 0.560. The van der Waals surface area contributed by atoms with Crippen LogP contribution in [0.1, 0.15) is 44.1 Å². The molecule has 2 fully saturated rings. The van der Waals surface area contributed by atoms with E-state index < -0.39 is 34.7 Å². The monoisotopic (exact) mass is 556 g/mol. The smallest absolute Gasteiger partial charge is 0.419 e. The number of phenolic OH excluding ortho intramolecular Hbond substituents is 1. The molecule has 38 heavy (non-hydrogen) atoms. The molecule has 3 aromatic rings. The van der Waals surface area contributed by atoms with E-state index in [1.165, 1.54) is 43.0 Å². The van der Waals surface area contributed by atoms with Gasteiger partial charge in [-0.05, 0) is 24.7 Å². The second-order valence-electron chi connectivity index (χ2n) is 9.98. The highest BCUT2D eigenvalue weighted by atomic mass is 32.2. The molecule has 0 amide bonds. The molecule has 1 atom stereocenters. The Kier molecular flexibility index (Phi) is 7.42. The number of anilines is 1. The average Bonchev–Trinajstić information content (AvgIpc) is 3.22. The number of aryl methyl sites for hydroxylation is 1. The highest BCUT2D eigenvalue weighted by Gasteiger charge is 2.38. The summed E-state index contributed by atoms with van der Waals surface area (Å²) in [5.74, 6) is -4.18. The third-order valence-electron chi connectivity index (χ3n) is 7.60. The molecule has 3 heterocycles. The van der Waals surface area contributed by atoms with Crippen LogP contribution in [0.25, 0.3) is 22.3 Å². The molecule has 2 aromatic heterocycles. The third kappa shape index (κ3) is 5.02. The van der Waals surface area contributed by atoms with Crippen LogP contribution >= 0.6 is 11.9 Å². The van der Waals surface area contributed by atoms with Crippen molar-refractivity contribution in [2.45, 2.75) is 50.7 Å². The summed E-state index contributed by atoms with van der Waals surface area (Å²) in [5.41, 5.74) is -2.37. The average molecular weight is 557 g/mol. The quantitative estimate of drug-likeness (QED) is 0.316. The number of fused-ring (bicyclic) bond motifs is 1. The summed E-state index contributed by atoms with van der Waals surface area (Å²) in [5, 5.41) is 14.1. The van der Waals surface area contributed by atoms with Crippen molar-refractivity contribution >= 4 is 28.9 Å². The molecular weight excluding hydrogens is 527 g/mol. The van der Waals surface area contributed by atoms with Crippen molar-refractivity contribution in [3.63, 3.8) is 0 Å². The Hall–Kier alpha value is -2.67. The van der Waals surface area contributed by atoms with Crippen LogP contribution in [-0.2, 0) is 13.2 Å². The fourth-order valence-electron chi connectivity index (χ4n) is 5.63. The van der Waals surface area contributed by atoms with Crippen LogP contribution in [0.5, 0.6) is 5.75 Å². The van der Waals surface area contributed by atoms with Crippen LogP contribution in [0, 0.1) is 17.6 Å². The van der Waals surface area contributed by atoms with Crippen molar-refractivity contribution < 1.29 is 27.1 Å². The number of alkyl halides is 3. The molecule has 1 unspecified atom stereocenters. The molecular formula is C25H29F5N6OS. The Morgan fingerprint density at radius 2 is 1.84 bits per heavy atom. The van der Waals surface area contributed by atoms with Crippen molar-refractivity contribution in [1.29, 1.82) is 0 Å². The van der Waals surface area contributed by atoms with E-state index in [0.29, 0.717) is 30.1 Å². The topological polar surface area (TPSA) is 70.3 Å². The molecule has 5 rings (SSSR count). The molecule has 0 bridgehead atoms. The normalized spacial score (nSPS) is 20.0. The second-order valence-corrected chi connectivity index (χ2v) is 10.9. The van der Waals surface area contributed by atoms with Crippen LogP contribution in [0.4, 0.5) is 27.9 Å².